The first-order valence-electron chi connectivity index (χ1n) is 4.22. The molecule has 1 saturated carbocycles. The van der Waals surface area contributed by atoms with Gasteiger partial charge in [-0.05, 0) is 19.8 Å². The molecule has 0 unspecified atom stereocenters. The molecule has 68 valence electrons. The summed E-state index contributed by atoms with van der Waals surface area (Å²) >= 11 is 0. The van der Waals surface area contributed by atoms with Gasteiger partial charge in [-0.1, -0.05) is 0 Å². The van der Waals surface area contributed by atoms with Crippen molar-refractivity contribution in [2.24, 2.45) is 5.92 Å². The molecule has 2 nitrogen and oxygen atoms in total. The molecule has 0 radical (unpaired) electrons. The van der Waals surface area contributed by atoms with Gasteiger partial charge in [-0.3, -0.25) is 9.59 Å². The molecule has 0 saturated heterocycles. The van der Waals surface area contributed by atoms with Gasteiger partial charge < -0.3 is 0 Å². The largest absolute Gasteiger partial charge is 0.300 e. The van der Waals surface area contributed by atoms with Crippen molar-refractivity contribution in [2.45, 2.75) is 32.6 Å². The molecule has 0 atom stereocenters. The van der Waals surface area contributed by atoms with Crippen molar-refractivity contribution in [3.63, 3.8) is 0 Å². The quantitative estimate of drug-likeness (QED) is 0.562. The topological polar surface area (TPSA) is 34.1 Å². The highest BCUT2D eigenvalue weighted by Crippen LogP contribution is 2.21. The van der Waals surface area contributed by atoms with Crippen LogP contribution in [-0.2, 0) is 9.59 Å². The van der Waals surface area contributed by atoms with Crippen LogP contribution in [-0.4, -0.2) is 11.6 Å². The summed E-state index contributed by atoms with van der Waals surface area (Å²) in [6, 6.07) is 0. The van der Waals surface area contributed by atoms with Crippen molar-refractivity contribution >= 4 is 11.6 Å². The molecule has 1 rings (SSSR count). The van der Waals surface area contributed by atoms with E-state index in [-0.39, 0.29) is 11.7 Å². The van der Waals surface area contributed by atoms with Crippen molar-refractivity contribution in [3.05, 3.63) is 13.2 Å². The lowest BCUT2D eigenvalue weighted by molar-refractivity contribution is -0.125. The van der Waals surface area contributed by atoms with Crippen molar-refractivity contribution in [3.8, 4) is 0 Å². The van der Waals surface area contributed by atoms with Gasteiger partial charge in [0.25, 0.3) is 0 Å². The second-order valence-corrected chi connectivity index (χ2v) is 2.92. The summed E-state index contributed by atoms with van der Waals surface area (Å²) in [4.78, 5) is 21.5. The Hall–Kier alpha value is -0.920. The van der Waals surface area contributed by atoms with E-state index in [1.54, 1.807) is 6.92 Å². The van der Waals surface area contributed by atoms with Gasteiger partial charge >= 0.3 is 0 Å². The van der Waals surface area contributed by atoms with Gasteiger partial charge in [-0.2, -0.15) is 0 Å². The lowest BCUT2D eigenvalue weighted by atomic mass is 9.86. The highest BCUT2D eigenvalue weighted by molar-refractivity contribution is 5.84. The number of rotatable bonds is 1. The fraction of sp³-hybridized carbons (Fsp3) is 0.600. The average Bonchev–Trinajstić information content (AvgIpc) is 2.09. The van der Waals surface area contributed by atoms with Crippen LogP contribution in [0.4, 0.5) is 0 Å². The van der Waals surface area contributed by atoms with Crippen molar-refractivity contribution < 1.29 is 9.59 Å². The maximum absolute atomic E-state index is 10.8. The average molecular weight is 168 g/mol. The third kappa shape index (κ3) is 3.46. The van der Waals surface area contributed by atoms with Gasteiger partial charge in [0, 0.05) is 18.8 Å². The van der Waals surface area contributed by atoms with Crippen molar-refractivity contribution in [1.82, 2.24) is 0 Å². The molecule has 1 aliphatic carbocycles. The van der Waals surface area contributed by atoms with Crippen LogP contribution in [0.25, 0.3) is 0 Å². The van der Waals surface area contributed by atoms with Gasteiger partial charge in [0.05, 0.1) is 0 Å². The number of hydrogen-bond acceptors (Lipinski definition) is 2. The Bertz CT molecular complexity index is 163. The minimum absolute atomic E-state index is 0.178. The third-order valence-electron chi connectivity index (χ3n) is 2.12. The number of ketones is 2. The van der Waals surface area contributed by atoms with E-state index in [4.69, 9.17) is 0 Å². The predicted molar refractivity (Wildman–Crippen MR) is 48.9 cm³/mol. The van der Waals surface area contributed by atoms with Gasteiger partial charge in [0.1, 0.15) is 11.6 Å². The normalized spacial score (nSPS) is 17.9. The number of hydrogen-bond donors (Lipinski definition) is 0. The maximum Gasteiger partial charge on any atom is 0.132 e. The van der Waals surface area contributed by atoms with E-state index in [2.05, 4.69) is 13.2 Å². The van der Waals surface area contributed by atoms with Crippen LogP contribution in [0.3, 0.4) is 0 Å². The Morgan fingerprint density at radius 3 is 2.08 bits per heavy atom. The van der Waals surface area contributed by atoms with Crippen LogP contribution in [0.15, 0.2) is 13.2 Å². The smallest absolute Gasteiger partial charge is 0.132 e. The molecule has 0 bridgehead atoms. The lowest BCUT2D eigenvalue weighted by Gasteiger charge is -2.17. The molecule has 2 heteroatoms. The number of Topliss-reactive ketones (excluding diaryl/α,β-unsaturated/α-hetero) is 2. The fourth-order valence-corrected chi connectivity index (χ4v) is 1.35. The molecule has 1 fully saturated rings. The first-order chi connectivity index (χ1) is 5.70. The Morgan fingerprint density at radius 1 is 1.33 bits per heavy atom. The van der Waals surface area contributed by atoms with Crippen LogP contribution in [0.5, 0.6) is 0 Å². The zero-order chi connectivity index (χ0) is 9.56. The number of carbonyl (C=O) groups is 2. The van der Waals surface area contributed by atoms with E-state index in [1.165, 1.54) is 0 Å². The van der Waals surface area contributed by atoms with E-state index in [1.807, 2.05) is 0 Å². The Labute approximate surface area is 73.7 Å². The summed E-state index contributed by atoms with van der Waals surface area (Å²) < 4.78 is 0. The van der Waals surface area contributed by atoms with Crippen LogP contribution in [0.2, 0.25) is 0 Å². The Balaban J connectivity index is 0.000000561. The molecule has 12 heavy (non-hydrogen) atoms. The minimum Gasteiger partial charge on any atom is -0.300 e. The molecule has 0 spiro atoms. The summed E-state index contributed by atoms with van der Waals surface area (Å²) in [5.41, 5.74) is 0. The Morgan fingerprint density at radius 2 is 1.75 bits per heavy atom. The Kier molecular flexibility index (Phi) is 5.26. The second-order valence-electron chi connectivity index (χ2n) is 2.92. The van der Waals surface area contributed by atoms with Gasteiger partial charge in [0.2, 0.25) is 0 Å². The fourth-order valence-electron chi connectivity index (χ4n) is 1.35. The van der Waals surface area contributed by atoms with Gasteiger partial charge in [-0.25, -0.2) is 0 Å². The zero-order valence-electron chi connectivity index (χ0n) is 7.64. The second kappa shape index (κ2) is 5.70. The molecule has 0 aromatic carbocycles. The van der Waals surface area contributed by atoms with Crippen molar-refractivity contribution in [2.75, 3.05) is 0 Å². The summed E-state index contributed by atoms with van der Waals surface area (Å²) in [6.45, 7) is 7.61. The molecule has 0 amide bonds. The highest BCUT2D eigenvalue weighted by atomic mass is 16.1. The van der Waals surface area contributed by atoms with E-state index in [9.17, 15) is 9.59 Å². The van der Waals surface area contributed by atoms with E-state index in [0.717, 1.165) is 12.8 Å². The standard InChI is InChI=1S/C8H12O2.C2H4/c1-6(9)7-2-4-8(10)5-3-7;1-2/h7H,2-5H2,1H3;1-2H2. The van der Waals surface area contributed by atoms with Crippen LogP contribution in [0.1, 0.15) is 32.6 Å². The zero-order valence-corrected chi connectivity index (χ0v) is 7.64. The molecular weight excluding hydrogens is 152 g/mol. The summed E-state index contributed by atoms with van der Waals surface area (Å²) in [5.74, 6) is 0.739. The molecule has 0 heterocycles. The summed E-state index contributed by atoms with van der Waals surface area (Å²) in [5, 5.41) is 0. The van der Waals surface area contributed by atoms with Gasteiger partial charge in [-0.15, -0.1) is 13.2 Å². The van der Waals surface area contributed by atoms with Crippen molar-refractivity contribution in [1.29, 1.82) is 0 Å². The molecule has 0 N–H and O–H groups in total. The molecule has 0 aromatic rings. The van der Waals surface area contributed by atoms with E-state index in [0.29, 0.717) is 18.6 Å². The predicted octanol–water partition coefficient (Wildman–Crippen LogP) is 2.14. The lowest BCUT2D eigenvalue weighted by Crippen LogP contribution is -2.19. The van der Waals surface area contributed by atoms with Gasteiger partial charge in [0.15, 0.2) is 0 Å². The van der Waals surface area contributed by atoms with E-state index >= 15 is 0 Å². The van der Waals surface area contributed by atoms with Crippen LogP contribution in [0, 0.1) is 5.92 Å². The van der Waals surface area contributed by atoms with E-state index < -0.39 is 0 Å². The third-order valence-corrected chi connectivity index (χ3v) is 2.12. The molecule has 0 aromatic heterocycles. The first-order valence-corrected chi connectivity index (χ1v) is 4.22. The molecule has 1 aliphatic rings. The van der Waals surface area contributed by atoms with Crippen LogP contribution < -0.4 is 0 Å². The first kappa shape index (κ1) is 11.1. The molecule has 0 aliphatic heterocycles. The highest BCUT2D eigenvalue weighted by Gasteiger charge is 2.21. The molecular formula is C10H16O2. The van der Waals surface area contributed by atoms with Crippen LogP contribution >= 0.6 is 0 Å². The monoisotopic (exact) mass is 168 g/mol. The number of carbonyl (C=O) groups excluding carboxylic acids is 2. The summed E-state index contributed by atoms with van der Waals surface area (Å²) in [6.07, 6.45) is 2.80. The minimum atomic E-state index is 0.178. The maximum atomic E-state index is 10.8. The summed E-state index contributed by atoms with van der Waals surface area (Å²) in [7, 11) is 0. The SMILES string of the molecule is C=C.CC(=O)C1CCC(=O)CC1.